The second-order valence-electron chi connectivity index (χ2n) is 5.15. The molecule has 0 saturated carbocycles. The molecule has 2 N–H and O–H groups in total. The first-order valence-electron chi connectivity index (χ1n) is 7.12. The number of aromatic nitrogens is 3. The molecule has 0 spiro atoms. The highest BCUT2D eigenvalue weighted by Crippen LogP contribution is 2.26. The minimum absolute atomic E-state index is 0.247. The average Bonchev–Trinajstić information content (AvgIpc) is 2.93. The number of benzene rings is 2. The van der Waals surface area contributed by atoms with Crippen molar-refractivity contribution in [2.24, 2.45) is 5.73 Å². The van der Waals surface area contributed by atoms with E-state index in [-0.39, 0.29) is 5.82 Å². The maximum atomic E-state index is 13.9. The minimum Gasteiger partial charge on any atom is -0.325 e. The van der Waals surface area contributed by atoms with E-state index in [2.05, 4.69) is 10.3 Å². The van der Waals surface area contributed by atoms with Gasteiger partial charge in [0.25, 0.3) is 0 Å². The van der Waals surface area contributed by atoms with Gasteiger partial charge in [-0.1, -0.05) is 47.7 Å². The molecule has 0 fully saturated rings. The van der Waals surface area contributed by atoms with Crippen LogP contribution >= 0.6 is 0 Å². The predicted octanol–water partition coefficient (Wildman–Crippen LogP) is 2.90. The van der Waals surface area contributed by atoms with Crippen LogP contribution in [0.1, 0.15) is 16.8 Å². The number of halogens is 1. The third-order valence-corrected chi connectivity index (χ3v) is 3.68. The Morgan fingerprint density at radius 3 is 2.55 bits per heavy atom. The summed E-state index contributed by atoms with van der Waals surface area (Å²) in [6.07, 6.45) is 0. The summed E-state index contributed by atoms with van der Waals surface area (Å²) in [6, 6.07) is 14.7. The van der Waals surface area contributed by atoms with Gasteiger partial charge in [-0.3, -0.25) is 0 Å². The molecule has 3 aromatic rings. The average molecular weight is 296 g/mol. The van der Waals surface area contributed by atoms with E-state index in [1.807, 2.05) is 37.3 Å². The molecule has 1 heterocycles. The van der Waals surface area contributed by atoms with Crippen LogP contribution in [0, 0.1) is 12.7 Å². The molecule has 0 aliphatic rings. The molecular formula is C17H17FN4. The van der Waals surface area contributed by atoms with Crippen molar-refractivity contribution in [3.05, 3.63) is 71.2 Å². The van der Waals surface area contributed by atoms with E-state index in [0.717, 1.165) is 16.8 Å². The Labute approximate surface area is 128 Å². The van der Waals surface area contributed by atoms with Gasteiger partial charge < -0.3 is 5.73 Å². The van der Waals surface area contributed by atoms with E-state index in [1.54, 1.807) is 16.8 Å². The summed E-state index contributed by atoms with van der Waals surface area (Å²) in [7, 11) is 0. The maximum absolute atomic E-state index is 13.9. The number of aryl methyl sites for hydroxylation is 1. The third-order valence-electron chi connectivity index (χ3n) is 3.68. The standard InChI is InChI=1S/C17H17FN4/c1-12-6-2-4-8-14(12)17-16(10-19)20-21-22(17)11-13-7-3-5-9-15(13)18/h2-9H,10-11,19H2,1H3. The molecule has 5 heteroatoms. The van der Waals surface area contributed by atoms with E-state index in [4.69, 9.17) is 5.73 Å². The number of hydrogen-bond acceptors (Lipinski definition) is 3. The summed E-state index contributed by atoms with van der Waals surface area (Å²) in [4.78, 5) is 0. The number of hydrogen-bond donors (Lipinski definition) is 1. The van der Waals surface area contributed by atoms with Gasteiger partial charge in [-0.05, 0) is 18.6 Å². The van der Waals surface area contributed by atoms with Gasteiger partial charge in [-0.2, -0.15) is 0 Å². The number of nitrogens with two attached hydrogens (primary N) is 1. The van der Waals surface area contributed by atoms with Gasteiger partial charge in [0.1, 0.15) is 11.5 Å². The summed E-state index contributed by atoms with van der Waals surface area (Å²) in [5.74, 6) is -0.247. The monoisotopic (exact) mass is 296 g/mol. The molecule has 0 saturated heterocycles. The van der Waals surface area contributed by atoms with E-state index in [9.17, 15) is 4.39 Å². The molecule has 112 valence electrons. The molecule has 0 atom stereocenters. The lowest BCUT2D eigenvalue weighted by Gasteiger charge is -2.11. The van der Waals surface area contributed by atoms with Crippen LogP contribution in [0.15, 0.2) is 48.5 Å². The smallest absolute Gasteiger partial charge is 0.128 e. The number of rotatable bonds is 4. The van der Waals surface area contributed by atoms with Crippen molar-refractivity contribution in [2.45, 2.75) is 20.0 Å². The van der Waals surface area contributed by atoms with Crippen molar-refractivity contribution < 1.29 is 4.39 Å². The second-order valence-corrected chi connectivity index (χ2v) is 5.15. The zero-order valence-corrected chi connectivity index (χ0v) is 12.3. The molecule has 2 aromatic carbocycles. The zero-order valence-electron chi connectivity index (χ0n) is 12.3. The highest BCUT2D eigenvalue weighted by molar-refractivity contribution is 5.65. The molecular weight excluding hydrogens is 279 g/mol. The van der Waals surface area contributed by atoms with Gasteiger partial charge in [0.2, 0.25) is 0 Å². The van der Waals surface area contributed by atoms with Crippen molar-refractivity contribution in [1.29, 1.82) is 0 Å². The summed E-state index contributed by atoms with van der Waals surface area (Å²) < 4.78 is 15.6. The molecule has 0 aliphatic carbocycles. The Bertz CT molecular complexity index is 795. The van der Waals surface area contributed by atoms with Crippen molar-refractivity contribution >= 4 is 0 Å². The lowest BCUT2D eigenvalue weighted by atomic mass is 10.0. The molecule has 3 rings (SSSR count). The molecule has 0 amide bonds. The Hall–Kier alpha value is -2.53. The van der Waals surface area contributed by atoms with Crippen molar-refractivity contribution in [3.8, 4) is 11.3 Å². The normalized spacial score (nSPS) is 10.9. The highest BCUT2D eigenvalue weighted by Gasteiger charge is 2.16. The van der Waals surface area contributed by atoms with Crippen LogP contribution in [0.2, 0.25) is 0 Å². The molecule has 0 radical (unpaired) electrons. The summed E-state index contributed by atoms with van der Waals surface area (Å²) in [5, 5.41) is 8.30. The van der Waals surface area contributed by atoms with Gasteiger partial charge in [0.15, 0.2) is 0 Å². The van der Waals surface area contributed by atoms with Crippen LogP contribution in [-0.4, -0.2) is 15.0 Å². The van der Waals surface area contributed by atoms with Gasteiger partial charge in [0.05, 0.1) is 12.2 Å². The molecule has 0 bridgehead atoms. The molecule has 4 nitrogen and oxygen atoms in total. The molecule has 0 aliphatic heterocycles. The SMILES string of the molecule is Cc1ccccc1-c1c(CN)nnn1Cc1ccccc1F. The Morgan fingerprint density at radius 1 is 1.09 bits per heavy atom. The van der Waals surface area contributed by atoms with Gasteiger partial charge in [-0.25, -0.2) is 9.07 Å². The van der Waals surface area contributed by atoms with Crippen molar-refractivity contribution in [3.63, 3.8) is 0 Å². The largest absolute Gasteiger partial charge is 0.325 e. The molecule has 22 heavy (non-hydrogen) atoms. The van der Waals surface area contributed by atoms with Gasteiger partial charge in [-0.15, -0.1) is 5.10 Å². The lowest BCUT2D eigenvalue weighted by Crippen LogP contribution is -2.07. The van der Waals surface area contributed by atoms with Crippen molar-refractivity contribution in [2.75, 3.05) is 0 Å². The third kappa shape index (κ3) is 2.63. The first kappa shape index (κ1) is 14.4. The van der Waals surface area contributed by atoms with E-state index >= 15 is 0 Å². The second kappa shape index (κ2) is 6.07. The predicted molar refractivity (Wildman–Crippen MR) is 83.6 cm³/mol. The van der Waals surface area contributed by atoms with Crippen LogP contribution in [0.4, 0.5) is 4.39 Å². The van der Waals surface area contributed by atoms with Crippen LogP contribution in [0.3, 0.4) is 0 Å². The van der Waals surface area contributed by atoms with Crippen LogP contribution in [-0.2, 0) is 13.1 Å². The summed E-state index contributed by atoms with van der Waals surface area (Å²) in [6.45, 7) is 2.64. The minimum atomic E-state index is -0.247. The Kier molecular flexibility index (Phi) is 3.98. The first-order valence-corrected chi connectivity index (χ1v) is 7.12. The molecule has 0 unspecified atom stereocenters. The van der Waals surface area contributed by atoms with Crippen molar-refractivity contribution in [1.82, 2.24) is 15.0 Å². The zero-order chi connectivity index (χ0) is 15.5. The fourth-order valence-corrected chi connectivity index (χ4v) is 2.52. The van der Waals surface area contributed by atoms with Gasteiger partial charge in [0, 0.05) is 17.7 Å². The van der Waals surface area contributed by atoms with Crippen LogP contribution in [0.25, 0.3) is 11.3 Å². The maximum Gasteiger partial charge on any atom is 0.128 e. The summed E-state index contributed by atoms with van der Waals surface area (Å²) in [5.41, 5.74) is 10.0. The Morgan fingerprint density at radius 2 is 1.82 bits per heavy atom. The fraction of sp³-hybridized carbons (Fsp3) is 0.176. The quantitative estimate of drug-likeness (QED) is 0.805. The van der Waals surface area contributed by atoms with E-state index < -0.39 is 0 Å². The first-order chi connectivity index (χ1) is 10.7. The highest BCUT2D eigenvalue weighted by atomic mass is 19.1. The van der Waals surface area contributed by atoms with E-state index in [1.165, 1.54) is 6.07 Å². The Balaban J connectivity index is 2.09. The summed E-state index contributed by atoms with van der Waals surface area (Å²) >= 11 is 0. The number of nitrogens with zero attached hydrogens (tertiary/aromatic N) is 3. The van der Waals surface area contributed by atoms with Gasteiger partial charge >= 0.3 is 0 Å². The van der Waals surface area contributed by atoms with Crippen LogP contribution < -0.4 is 5.73 Å². The van der Waals surface area contributed by atoms with E-state index in [0.29, 0.717) is 24.3 Å². The molecule has 1 aromatic heterocycles. The topological polar surface area (TPSA) is 56.7 Å². The lowest BCUT2D eigenvalue weighted by molar-refractivity contribution is 0.579. The van der Waals surface area contributed by atoms with Crippen LogP contribution in [0.5, 0.6) is 0 Å². The fourth-order valence-electron chi connectivity index (χ4n) is 2.52.